The summed E-state index contributed by atoms with van der Waals surface area (Å²) >= 11 is 12.0. The van der Waals surface area contributed by atoms with Crippen LogP contribution in [0.15, 0.2) is 101 Å². The number of fused-ring (bicyclic) bond motifs is 3. The zero-order valence-electron chi connectivity index (χ0n) is 22.5. The fourth-order valence-electron chi connectivity index (χ4n) is 4.69. The smallest absolute Gasteiger partial charge is 0.198 e. The van der Waals surface area contributed by atoms with Gasteiger partial charge in [-0.05, 0) is 78.4 Å². The van der Waals surface area contributed by atoms with Crippen LogP contribution in [0.3, 0.4) is 0 Å². The summed E-state index contributed by atoms with van der Waals surface area (Å²) in [5, 5.41) is 33.0. The maximum absolute atomic E-state index is 10.0. The van der Waals surface area contributed by atoms with Crippen molar-refractivity contribution in [2.24, 2.45) is 9.98 Å². The van der Waals surface area contributed by atoms with E-state index in [-0.39, 0.29) is 18.4 Å². The molecule has 4 aromatic carbocycles. The van der Waals surface area contributed by atoms with Crippen LogP contribution in [0.2, 0.25) is 10.0 Å². The molecular weight excluding hydrogens is 585 g/mol. The van der Waals surface area contributed by atoms with Gasteiger partial charge in [0.2, 0.25) is 0 Å². The van der Waals surface area contributed by atoms with Crippen LogP contribution in [-0.2, 0) is 6.61 Å². The van der Waals surface area contributed by atoms with Gasteiger partial charge in [-0.1, -0.05) is 35.3 Å². The second-order valence-electron chi connectivity index (χ2n) is 9.74. The number of aliphatic hydroxyl groups is 1. The third-order valence-electron chi connectivity index (χ3n) is 6.90. The topological polar surface area (TPSA) is 133 Å². The normalized spacial score (nSPS) is 11.7. The number of nitrogens with one attached hydrogen (secondary N) is 3. The van der Waals surface area contributed by atoms with Gasteiger partial charge in [-0.25, -0.2) is 0 Å². The molecule has 7 rings (SSSR count). The molecule has 0 atom stereocenters. The molecule has 0 amide bonds. The summed E-state index contributed by atoms with van der Waals surface area (Å²) in [5.74, 6) is 0.145. The van der Waals surface area contributed by atoms with Gasteiger partial charge in [0, 0.05) is 61.4 Å². The summed E-state index contributed by atoms with van der Waals surface area (Å²) in [7, 11) is 0. The minimum absolute atomic E-state index is 0.00568. The zero-order chi connectivity index (χ0) is 29.9. The summed E-state index contributed by atoms with van der Waals surface area (Å²) in [4.78, 5) is 17.7. The van der Waals surface area contributed by atoms with Crippen LogP contribution in [0.5, 0.6) is 11.8 Å². The van der Waals surface area contributed by atoms with E-state index < -0.39 is 0 Å². The fourth-order valence-corrected chi connectivity index (χ4v) is 5.03. The fraction of sp³-hybridized carbons (Fsp3) is 0.0303. The first-order valence-electron chi connectivity index (χ1n) is 13.2. The second-order valence-corrected chi connectivity index (χ2v) is 10.6. The quantitative estimate of drug-likeness (QED) is 0.109. The van der Waals surface area contributed by atoms with Crippen LogP contribution >= 0.6 is 23.2 Å². The standard InChI is InChI=1S/C17H12ClN3O.C16H13ClN2O2/c18-11-1-3-16-13(8-11)14(17(22)21-16)9-20-12-2-4-15-10(7-12)5-6-19-15;17-11-3-6-15-13(7-11)14(16(21)19-15)8-18-12-4-1-10(9-20)2-5-12/h1-9,19,21-22H;1-8,19-21H,9H2. The van der Waals surface area contributed by atoms with Gasteiger partial charge < -0.3 is 30.3 Å². The van der Waals surface area contributed by atoms with Crippen molar-refractivity contribution in [3.63, 3.8) is 0 Å². The van der Waals surface area contributed by atoms with E-state index in [1.165, 1.54) is 0 Å². The van der Waals surface area contributed by atoms with Gasteiger partial charge in [-0.15, -0.1) is 0 Å². The van der Waals surface area contributed by atoms with Crippen molar-refractivity contribution in [1.29, 1.82) is 0 Å². The summed E-state index contributed by atoms with van der Waals surface area (Å²) in [6, 6.07) is 25.9. The van der Waals surface area contributed by atoms with Gasteiger partial charge in [-0.3, -0.25) is 9.98 Å². The molecule has 0 fully saturated rings. The monoisotopic (exact) mass is 609 g/mol. The minimum atomic E-state index is 0.00568. The number of nitrogens with zero attached hydrogens (tertiary/aromatic N) is 2. The number of hydrogen-bond donors (Lipinski definition) is 6. The Labute approximate surface area is 255 Å². The van der Waals surface area contributed by atoms with Crippen molar-refractivity contribution in [2.75, 3.05) is 0 Å². The van der Waals surface area contributed by atoms with Crippen molar-refractivity contribution < 1.29 is 15.3 Å². The molecule has 0 saturated heterocycles. The number of aromatic hydroxyl groups is 2. The van der Waals surface area contributed by atoms with Crippen molar-refractivity contribution in [3.8, 4) is 11.8 Å². The molecule has 0 bridgehead atoms. The predicted octanol–water partition coefficient (Wildman–Crippen LogP) is 8.53. The molecule has 0 spiro atoms. The third-order valence-corrected chi connectivity index (χ3v) is 7.37. The van der Waals surface area contributed by atoms with Gasteiger partial charge >= 0.3 is 0 Å². The number of aliphatic hydroxyl groups excluding tert-OH is 1. The molecule has 3 heterocycles. The number of aromatic amines is 3. The highest BCUT2D eigenvalue weighted by molar-refractivity contribution is 6.32. The largest absolute Gasteiger partial charge is 0.494 e. The van der Waals surface area contributed by atoms with Crippen LogP contribution in [-0.4, -0.2) is 42.7 Å². The number of halogens is 2. The van der Waals surface area contributed by atoms with Crippen molar-refractivity contribution in [2.45, 2.75) is 6.61 Å². The predicted molar refractivity (Wildman–Crippen MR) is 175 cm³/mol. The van der Waals surface area contributed by atoms with Crippen LogP contribution in [0.4, 0.5) is 11.4 Å². The van der Waals surface area contributed by atoms with Gasteiger partial charge in [-0.2, -0.15) is 0 Å². The Morgan fingerprint density at radius 3 is 1.74 bits per heavy atom. The average Bonchev–Trinajstić information content (AvgIpc) is 3.69. The maximum Gasteiger partial charge on any atom is 0.198 e. The lowest BCUT2D eigenvalue weighted by Gasteiger charge is -1.97. The number of aliphatic imine (C=N–C) groups is 2. The maximum atomic E-state index is 10.0. The van der Waals surface area contributed by atoms with Crippen LogP contribution in [0.1, 0.15) is 16.7 Å². The molecule has 10 heteroatoms. The number of hydrogen-bond acceptors (Lipinski definition) is 5. The molecule has 0 aliphatic rings. The van der Waals surface area contributed by atoms with Gasteiger partial charge in [0.1, 0.15) is 0 Å². The summed E-state index contributed by atoms with van der Waals surface area (Å²) in [6.45, 7) is 0.00568. The molecule has 0 unspecified atom stereocenters. The molecule has 214 valence electrons. The van der Waals surface area contributed by atoms with E-state index >= 15 is 0 Å². The molecule has 8 nitrogen and oxygen atoms in total. The lowest BCUT2D eigenvalue weighted by molar-refractivity contribution is 0.282. The van der Waals surface area contributed by atoms with Gasteiger partial charge in [0.15, 0.2) is 11.8 Å². The summed E-state index contributed by atoms with van der Waals surface area (Å²) in [5.41, 5.74) is 6.31. The summed E-state index contributed by atoms with van der Waals surface area (Å²) < 4.78 is 0. The van der Waals surface area contributed by atoms with E-state index in [0.717, 1.165) is 49.6 Å². The van der Waals surface area contributed by atoms with Crippen LogP contribution in [0.25, 0.3) is 32.7 Å². The lowest BCUT2D eigenvalue weighted by atomic mass is 10.2. The van der Waals surface area contributed by atoms with Crippen LogP contribution < -0.4 is 0 Å². The minimum Gasteiger partial charge on any atom is -0.494 e. The number of aromatic nitrogens is 3. The second kappa shape index (κ2) is 12.1. The van der Waals surface area contributed by atoms with Crippen molar-refractivity contribution in [3.05, 3.63) is 118 Å². The molecule has 7 aromatic rings. The highest BCUT2D eigenvalue weighted by atomic mass is 35.5. The Balaban J connectivity index is 0.000000153. The molecular formula is C33H25Cl2N5O3. The molecule has 3 aromatic heterocycles. The average molecular weight is 611 g/mol. The van der Waals surface area contributed by atoms with Crippen molar-refractivity contribution >= 4 is 79.7 Å². The summed E-state index contributed by atoms with van der Waals surface area (Å²) in [6.07, 6.45) is 5.14. The van der Waals surface area contributed by atoms with E-state index in [1.54, 1.807) is 54.9 Å². The highest BCUT2D eigenvalue weighted by Crippen LogP contribution is 2.30. The zero-order valence-corrected chi connectivity index (χ0v) is 24.0. The molecule has 0 aliphatic heterocycles. The SMILES string of the molecule is OCc1ccc(N=Cc2c(O)[nH]c3ccc(Cl)cc23)cc1.Oc1[nH]c2ccc(Cl)cc2c1C=Nc1ccc2[nH]ccc2c1. The first-order valence-corrected chi connectivity index (χ1v) is 14.0. The van der Waals surface area contributed by atoms with Gasteiger partial charge in [0.05, 0.1) is 29.1 Å². The molecule has 0 saturated carbocycles. The first-order chi connectivity index (χ1) is 20.9. The highest BCUT2D eigenvalue weighted by Gasteiger charge is 2.10. The number of H-pyrrole nitrogens is 3. The molecule has 6 N–H and O–H groups in total. The Morgan fingerprint density at radius 2 is 1.16 bits per heavy atom. The Hall–Kier alpha value is -5.02. The van der Waals surface area contributed by atoms with E-state index in [0.29, 0.717) is 21.2 Å². The van der Waals surface area contributed by atoms with Gasteiger partial charge in [0.25, 0.3) is 0 Å². The Bertz CT molecular complexity index is 2120. The molecule has 43 heavy (non-hydrogen) atoms. The third kappa shape index (κ3) is 6.12. The van der Waals surface area contributed by atoms with Crippen LogP contribution in [0, 0.1) is 0 Å². The van der Waals surface area contributed by atoms with E-state index in [9.17, 15) is 10.2 Å². The Kier molecular flexibility index (Phi) is 7.89. The van der Waals surface area contributed by atoms with E-state index in [4.69, 9.17) is 28.3 Å². The Morgan fingerprint density at radius 1 is 0.628 bits per heavy atom. The molecule has 0 aliphatic carbocycles. The number of rotatable bonds is 5. The van der Waals surface area contributed by atoms with Crippen molar-refractivity contribution in [1.82, 2.24) is 15.0 Å². The van der Waals surface area contributed by atoms with E-state index in [2.05, 4.69) is 24.9 Å². The number of benzene rings is 4. The van der Waals surface area contributed by atoms with E-state index in [1.807, 2.05) is 48.7 Å². The molecule has 0 radical (unpaired) electrons. The lowest BCUT2D eigenvalue weighted by Crippen LogP contribution is -1.81. The first kappa shape index (κ1) is 28.1.